The van der Waals surface area contributed by atoms with Gasteiger partial charge >= 0.3 is 0 Å². The number of fused-ring (bicyclic) bond motifs is 2. The molecule has 1 saturated heterocycles. The number of hydrogen-bond acceptors (Lipinski definition) is 11. The number of hydrogen-bond donors (Lipinski definition) is 2. The Hall–Kier alpha value is -4.94. The van der Waals surface area contributed by atoms with Gasteiger partial charge in [0.1, 0.15) is 23.4 Å². The Balaban J connectivity index is 0.896. The highest BCUT2D eigenvalue weighted by atomic mass is 16.1. The SMILES string of the molecule is C/C=C(C)\C(=C/CC)N1N=NC(C(C)/C=C/NCCCN2CCN(CCCNc3ccc4nnn5c6ccccc6c(=O)c3c45)CC2)/C1=C/C=O. The van der Waals surface area contributed by atoms with Crippen molar-refractivity contribution in [3.8, 4) is 0 Å². The van der Waals surface area contributed by atoms with Crippen molar-refractivity contribution >= 4 is 39.3 Å². The Bertz CT molecular complexity index is 2020. The Morgan fingerprint density at radius 2 is 1.78 bits per heavy atom. The Kier molecular flexibility index (Phi) is 11.8. The minimum atomic E-state index is -0.211. The second-order valence-electron chi connectivity index (χ2n) is 13.4. The fourth-order valence-corrected chi connectivity index (χ4v) is 7.02. The monoisotopic (exact) mass is 690 g/mol. The molecular weight excluding hydrogens is 640 g/mol. The third-order valence-electron chi connectivity index (χ3n) is 9.97. The fraction of sp³-hybridized carbons (Fsp3) is 0.436. The van der Waals surface area contributed by atoms with Crippen LogP contribution in [0, 0.1) is 5.92 Å². The van der Waals surface area contributed by atoms with Crippen molar-refractivity contribution in [2.75, 3.05) is 57.7 Å². The predicted octanol–water partition coefficient (Wildman–Crippen LogP) is 5.78. The van der Waals surface area contributed by atoms with Gasteiger partial charge in [0, 0.05) is 62.3 Å². The molecule has 12 nitrogen and oxygen atoms in total. The molecule has 51 heavy (non-hydrogen) atoms. The van der Waals surface area contributed by atoms with Crippen molar-refractivity contribution in [3.05, 3.63) is 94.1 Å². The van der Waals surface area contributed by atoms with Gasteiger partial charge in [-0.25, -0.2) is 9.52 Å². The lowest BCUT2D eigenvalue weighted by Crippen LogP contribution is -2.47. The van der Waals surface area contributed by atoms with E-state index in [9.17, 15) is 9.59 Å². The molecule has 0 radical (unpaired) electrons. The van der Waals surface area contributed by atoms with E-state index in [1.54, 1.807) is 15.6 Å². The number of carbonyl (C=O) groups excluding carboxylic acids is 1. The first-order valence-electron chi connectivity index (χ1n) is 18.3. The first kappa shape index (κ1) is 35.9. The van der Waals surface area contributed by atoms with E-state index in [1.165, 1.54) is 0 Å². The molecule has 2 unspecified atom stereocenters. The van der Waals surface area contributed by atoms with Crippen LogP contribution >= 0.6 is 0 Å². The van der Waals surface area contributed by atoms with Crippen molar-refractivity contribution in [1.29, 1.82) is 0 Å². The quantitative estimate of drug-likeness (QED) is 0.0496. The van der Waals surface area contributed by atoms with E-state index in [1.807, 2.05) is 62.5 Å². The van der Waals surface area contributed by atoms with Crippen molar-refractivity contribution < 1.29 is 4.79 Å². The highest BCUT2D eigenvalue weighted by molar-refractivity contribution is 6.06. The molecule has 2 aliphatic rings. The summed E-state index contributed by atoms with van der Waals surface area (Å²) in [5, 5.41) is 27.7. The maximum Gasteiger partial charge on any atom is 0.199 e. The van der Waals surface area contributed by atoms with Crippen molar-refractivity contribution in [2.45, 2.75) is 53.0 Å². The summed E-state index contributed by atoms with van der Waals surface area (Å²) >= 11 is 0. The zero-order valence-corrected chi connectivity index (χ0v) is 30.3. The highest BCUT2D eigenvalue weighted by Crippen LogP contribution is 2.33. The van der Waals surface area contributed by atoms with Gasteiger partial charge in [0.15, 0.2) is 5.43 Å². The molecular formula is C39H50N10O2. The average Bonchev–Trinajstić information content (AvgIpc) is 3.78. The summed E-state index contributed by atoms with van der Waals surface area (Å²) in [4.78, 5) is 30.1. The van der Waals surface area contributed by atoms with Gasteiger partial charge in [-0.05, 0) is 82.2 Å². The van der Waals surface area contributed by atoms with Crippen LogP contribution in [0.3, 0.4) is 0 Å². The molecule has 4 heterocycles. The van der Waals surface area contributed by atoms with E-state index in [0.717, 1.165) is 117 Å². The number of rotatable bonds is 16. The number of pyridine rings is 1. The zero-order valence-electron chi connectivity index (χ0n) is 30.3. The van der Waals surface area contributed by atoms with E-state index >= 15 is 0 Å². The van der Waals surface area contributed by atoms with Crippen molar-refractivity contribution in [1.82, 2.24) is 35.0 Å². The van der Waals surface area contributed by atoms with Gasteiger partial charge in [0.25, 0.3) is 0 Å². The number of allylic oxidation sites excluding steroid dienone is 4. The van der Waals surface area contributed by atoms with Crippen LogP contribution in [0.4, 0.5) is 5.69 Å². The molecule has 6 rings (SSSR count). The molecule has 0 spiro atoms. The van der Waals surface area contributed by atoms with E-state index in [0.29, 0.717) is 10.8 Å². The van der Waals surface area contributed by atoms with E-state index < -0.39 is 0 Å². The number of aldehydes is 1. The summed E-state index contributed by atoms with van der Waals surface area (Å²) in [6.45, 7) is 16.3. The van der Waals surface area contributed by atoms with Crippen LogP contribution in [0.2, 0.25) is 0 Å². The van der Waals surface area contributed by atoms with Crippen LogP contribution < -0.4 is 16.1 Å². The minimum absolute atomic E-state index is 0.0184. The molecule has 0 aliphatic carbocycles. The standard InChI is InChI=1S/C39H50N10O2/c1-5-11-33(28(3)6-2)48-35(17-27-50)37(43-45-48)29(4)16-20-40-18-9-21-46-23-25-47(26-24-46)22-10-19-41-31-14-15-32-38-36(31)39(51)30-12-7-8-13-34(30)49(38)44-42-32/h6-8,11-17,20,27,29,37,40-41H,5,9-10,18-19,21-26H2,1-4H3/b20-16+,28-6-,33-11+,35-17-. The number of nitrogens with one attached hydrogen (secondary N) is 2. The number of piperazine rings is 1. The van der Waals surface area contributed by atoms with Gasteiger partial charge in [0.2, 0.25) is 0 Å². The van der Waals surface area contributed by atoms with Crippen LogP contribution in [0.15, 0.2) is 99.0 Å². The third-order valence-corrected chi connectivity index (χ3v) is 9.97. The number of nitrogens with zero attached hydrogens (tertiary/aromatic N) is 8. The third kappa shape index (κ3) is 7.87. The van der Waals surface area contributed by atoms with E-state index in [2.05, 4.69) is 67.1 Å². The molecule has 2 atom stereocenters. The lowest BCUT2D eigenvalue weighted by molar-refractivity contribution is -0.104. The Labute approximate surface area is 299 Å². The largest absolute Gasteiger partial charge is 0.391 e. The summed E-state index contributed by atoms with van der Waals surface area (Å²) in [5.74, 6) is 0.0769. The zero-order chi connectivity index (χ0) is 35.7. The Morgan fingerprint density at radius 3 is 2.51 bits per heavy atom. The summed E-state index contributed by atoms with van der Waals surface area (Å²) in [5.41, 5.74) is 6.02. The summed E-state index contributed by atoms with van der Waals surface area (Å²) in [7, 11) is 0. The smallest absolute Gasteiger partial charge is 0.199 e. The molecule has 268 valence electrons. The number of benzene rings is 2. The molecule has 0 bridgehead atoms. The average molecular weight is 691 g/mol. The number of para-hydroxylation sites is 1. The van der Waals surface area contributed by atoms with Gasteiger partial charge < -0.3 is 20.4 Å². The van der Waals surface area contributed by atoms with Crippen molar-refractivity contribution in [3.63, 3.8) is 0 Å². The normalized spacial score (nSPS) is 19.4. The predicted molar refractivity (Wildman–Crippen MR) is 205 cm³/mol. The summed E-state index contributed by atoms with van der Waals surface area (Å²) in [6, 6.07) is 11.3. The van der Waals surface area contributed by atoms with Crippen molar-refractivity contribution in [2.24, 2.45) is 16.3 Å². The van der Waals surface area contributed by atoms with Crippen LogP contribution in [0.1, 0.15) is 47.0 Å². The fourth-order valence-electron chi connectivity index (χ4n) is 7.02. The molecule has 0 amide bonds. The van der Waals surface area contributed by atoms with Crippen LogP contribution in [-0.4, -0.2) is 94.3 Å². The molecule has 2 N–H and O–H groups in total. The first-order chi connectivity index (χ1) is 24.9. The van der Waals surface area contributed by atoms with E-state index in [4.69, 9.17) is 0 Å². The van der Waals surface area contributed by atoms with Crippen LogP contribution in [0.5, 0.6) is 0 Å². The lowest BCUT2D eigenvalue weighted by atomic mass is 9.98. The molecule has 4 aromatic rings. The van der Waals surface area contributed by atoms with Gasteiger partial charge in [-0.15, -0.1) is 5.10 Å². The van der Waals surface area contributed by atoms with Gasteiger partial charge in [-0.1, -0.05) is 54.6 Å². The first-order valence-corrected chi connectivity index (χ1v) is 18.3. The number of anilines is 1. The second kappa shape index (κ2) is 16.8. The minimum Gasteiger partial charge on any atom is -0.391 e. The number of aromatic nitrogens is 3. The number of carbonyl (C=O) groups is 1. The molecule has 2 aromatic carbocycles. The van der Waals surface area contributed by atoms with E-state index in [-0.39, 0.29) is 17.4 Å². The molecule has 2 aliphatic heterocycles. The molecule has 0 saturated carbocycles. The molecule has 2 aromatic heterocycles. The second-order valence-corrected chi connectivity index (χ2v) is 13.4. The molecule has 12 heteroatoms. The van der Waals surface area contributed by atoms with Gasteiger partial charge in [0.05, 0.1) is 22.3 Å². The topological polar surface area (TPSA) is 123 Å². The van der Waals surface area contributed by atoms with Crippen LogP contribution in [-0.2, 0) is 4.79 Å². The summed E-state index contributed by atoms with van der Waals surface area (Å²) < 4.78 is 1.79. The Morgan fingerprint density at radius 1 is 1.04 bits per heavy atom. The maximum atomic E-state index is 13.5. The summed E-state index contributed by atoms with van der Waals surface area (Å²) in [6.07, 6.45) is 13.6. The van der Waals surface area contributed by atoms with Gasteiger partial charge in [-0.3, -0.25) is 9.59 Å². The maximum absolute atomic E-state index is 13.5. The highest BCUT2D eigenvalue weighted by Gasteiger charge is 2.32. The lowest BCUT2D eigenvalue weighted by Gasteiger charge is -2.34. The van der Waals surface area contributed by atoms with Crippen LogP contribution in [0.25, 0.3) is 27.3 Å². The van der Waals surface area contributed by atoms with Gasteiger partial charge in [-0.2, -0.15) is 5.11 Å². The molecule has 1 fully saturated rings.